The molecule has 1 N–H and O–H groups in total. The Morgan fingerprint density at radius 3 is 2.78 bits per heavy atom. The van der Waals surface area contributed by atoms with Crippen molar-refractivity contribution >= 4 is 11.7 Å². The Morgan fingerprint density at radius 2 is 2.17 bits per heavy atom. The van der Waals surface area contributed by atoms with Gasteiger partial charge in [0.05, 0.1) is 0 Å². The second kappa shape index (κ2) is 4.82. The largest absolute Gasteiger partial charge is 0.331 e. The summed E-state index contributed by atoms with van der Waals surface area (Å²) in [6.07, 6.45) is 0. The Kier molecular flexibility index (Phi) is 3.22. The topological polar surface area (TPSA) is 75.9 Å². The first-order valence-corrected chi connectivity index (χ1v) is 5.39. The Labute approximate surface area is 104 Å². The average molecular weight is 246 g/mol. The molecule has 0 aliphatic rings. The zero-order valence-corrected chi connectivity index (χ0v) is 10.5. The molecule has 7 nitrogen and oxygen atoms in total. The highest BCUT2D eigenvalue weighted by Gasteiger charge is 2.08. The summed E-state index contributed by atoms with van der Waals surface area (Å²) in [5.41, 5.74) is 1.55. The van der Waals surface area contributed by atoms with Crippen LogP contribution in [0.15, 0.2) is 24.3 Å². The third-order valence-corrected chi connectivity index (χ3v) is 2.40. The maximum Gasteiger partial charge on any atom is 0.321 e. The second-order valence-electron chi connectivity index (χ2n) is 4.03. The molecule has 0 saturated heterocycles. The average Bonchev–Trinajstić information content (AvgIpc) is 2.75. The van der Waals surface area contributed by atoms with Crippen LogP contribution in [0.4, 0.5) is 10.5 Å². The van der Waals surface area contributed by atoms with E-state index in [2.05, 4.69) is 20.8 Å². The number of hydrogen-bond acceptors (Lipinski definition) is 4. The summed E-state index contributed by atoms with van der Waals surface area (Å²) in [5, 5.41) is 14.0. The molecule has 2 aromatic rings. The van der Waals surface area contributed by atoms with Crippen LogP contribution >= 0.6 is 0 Å². The second-order valence-corrected chi connectivity index (χ2v) is 4.03. The monoisotopic (exact) mass is 246 g/mol. The normalized spacial score (nSPS) is 10.2. The quantitative estimate of drug-likeness (QED) is 0.856. The number of hydrogen-bond donors (Lipinski definition) is 1. The van der Waals surface area contributed by atoms with Crippen LogP contribution in [0.5, 0.6) is 0 Å². The van der Waals surface area contributed by atoms with Gasteiger partial charge in [0.2, 0.25) is 0 Å². The summed E-state index contributed by atoms with van der Waals surface area (Å²) >= 11 is 0. The van der Waals surface area contributed by atoms with Crippen LogP contribution in [0.2, 0.25) is 0 Å². The van der Waals surface area contributed by atoms with Gasteiger partial charge in [-0.1, -0.05) is 12.1 Å². The molecule has 0 fully saturated rings. The Hall–Kier alpha value is -2.44. The van der Waals surface area contributed by atoms with Crippen LogP contribution < -0.4 is 5.32 Å². The predicted molar refractivity (Wildman–Crippen MR) is 66.9 cm³/mol. The van der Waals surface area contributed by atoms with Crippen molar-refractivity contribution < 1.29 is 4.79 Å². The number of carbonyl (C=O) groups excluding carboxylic acids is 1. The van der Waals surface area contributed by atoms with E-state index in [9.17, 15) is 4.79 Å². The SMILES string of the molecule is CN(C)C(=O)Nc1cccc(-c2nnnn2C)c1. The van der Waals surface area contributed by atoms with Crippen LogP contribution in [-0.2, 0) is 7.05 Å². The van der Waals surface area contributed by atoms with Gasteiger partial charge in [-0.05, 0) is 22.6 Å². The molecular formula is C11H14N6O. The van der Waals surface area contributed by atoms with Gasteiger partial charge in [-0.15, -0.1) is 5.10 Å². The Morgan fingerprint density at radius 1 is 1.39 bits per heavy atom. The lowest BCUT2D eigenvalue weighted by Crippen LogP contribution is -2.27. The van der Waals surface area contributed by atoms with Crippen molar-refractivity contribution in [1.82, 2.24) is 25.1 Å². The molecule has 2 amide bonds. The number of benzene rings is 1. The molecule has 2 rings (SSSR count). The molecule has 0 spiro atoms. The zero-order chi connectivity index (χ0) is 13.1. The third kappa shape index (κ3) is 2.45. The van der Waals surface area contributed by atoms with Crippen molar-refractivity contribution in [2.45, 2.75) is 0 Å². The van der Waals surface area contributed by atoms with E-state index >= 15 is 0 Å². The summed E-state index contributed by atoms with van der Waals surface area (Å²) in [5.74, 6) is 0.649. The third-order valence-electron chi connectivity index (χ3n) is 2.40. The molecule has 0 atom stereocenters. The lowest BCUT2D eigenvalue weighted by molar-refractivity contribution is 0.230. The minimum atomic E-state index is -0.178. The molecule has 1 aromatic carbocycles. The molecule has 0 aliphatic carbocycles. The number of aromatic nitrogens is 4. The van der Waals surface area contributed by atoms with Crippen molar-refractivity contribution in [3.63, 3.8) is 0 Å². The number of aryl methyl sites for hydroxylation is 1. The van der Waals surface area contributed by atoms with Gasteiger partial charge in [0.1, 0.15) is 0 Å². The van der Waals surface area contributed by atoms with E-state index in [1.165, 1.54) is 4.90 Å². The Bertz CT molecular complexity index is 562. The standard InChI is InChI=1S/C11H14N6O/c1-16(2)11(18)12-9-6-4-5-8(7-9)10-13-14-15-17(10)3/h4-7H,1-3H3,(H,12,18). The van der Waals surface area contributed by atoms with Gasteiger partial charge < -0.3 is 10.2 Å². The van der Waals surface area contributed by atoms with E-state index in [4.69, 9.17) is 0 Å². The smallest absolute Gasteiger partial charge is 0.321 e. The van der Waals surface area contributed by atoms with Gasteiger partial charge in [-0.2, -0.15) is 0 Å². The fourth-order valence-corrected chi connectivity index (χ4v) is 1.45. The summed E-state index contributed by atoms with van der Waals surface area (Å²) in [7, 11) is 5.14. The lowest BCUT2D eigenvalue weighted by Gasteiger charge is -2.12. The van der Waals surface area contributed by atoms with Crippen LogP contribution in [0.25, 0.3) is 11.4 Å². The van der Waals surface area contributed by atoms with E-state index in [1.807, 2.05) is 24.3 Å². The van der Waals surface area contributed by atoms with E-state index in [-0.39, 0.29) is 6.03 Å². The van der Waals surface area contributed by atoms with Crippen molar-refractivity contribution in [2.75, 3.05) is 19.4 Å². The molecule has 0 radical (unpaired) electrons. The Balaban J connectivity index is 2.26. The van der Waals surface area contributed by atoms with Crippen molar-refractivity contribution in [3.05, 3.63) is 24.3 Å². The highest BCUT2D eigenvalue weighted by Crippen LogP contribution is 2.19. The molecule has 18 heavy (non-hydrogen) atoms. The maximum atomic E-state index is 11.5. The van der Waals surface area contributed by atoms with Gasteiger partial charge >= 0.3 is 6.03 Å². The fourth-order valence-electron chi connectivity index (χ4n) is 1.45. The van der Waals surface area contributed by atoms with Crippen LogP contribution in [-0.4, -0.2) is 45.2 Å². The van der Waals surface area contributed by atoms with Crippen molar-refractivity contribution in [1.29, 1.82) is 0 Å². The van der Waals surface area contributed by atoms with E-state index in [0.717, 1.165) is 5.56 Å². The fraction of sp³-hybridized carbons (Fsp3) is 0.273. The van der Waals surface area contributed by atoms with E-state index in [0.29, 0.717) is 11.5 Å². The summed E-state index contributed by atoms with van der Waals surface area (Å²) < 4.78 is 1.58. The first kappa shape index (κ1) is 12.0. The summed E-state index contributed by atoms with van der Waals surface area (Å²) in [6, 6.07) is 7.19. The molecule has 94 valence electrons. The molecule has 0 bridgehead atoms. The number of carbonyl (C=O) groups is 1. The number of rotatable bonds is 2. The first-order chi connectivity index (χ1) is 8.58. The van der Waals surface area contributed by atoms with Gasteiger partial charge in [-0.3, -0.25) is 0 Å². The minimum Gasteiger partial charge on any atom is -0.331 e. The molecule has 0 aliphatic heterocycles. The maximum absolute atomic E-state index is 11.5. The van der Waals surface area contributed by atoms with Gasteiger partial charge in [-0.25, -0.2) is 9.48 Å². The van der Waals surface area contributed by atoms with Gasteiger partial charge in [0.25, 0.3) is 0 Å². The molecule has 0 saturated carbocycles. The minimum absolute atomic E-state index is 0.178. The van der Waals surface area contributed by atoms with E-state index < -0.39 is 0 Å². The highest BCUT2D eigenvalue weighted by molar-refractivity contribution is 5.89. The van der Waals surface area contributed by atoms with E-state index in [1.54, 1.807) is 25.8 Å². The predicted octanol–water partition coefficient (Wildman–Crippen LogP) is 0.971. The number of nitrogens with zero attached hydrogens (tertiary/aromatic N) is 5. The number of tetrazole rings is 1. The molecule has 1 heterocycles. The van der Waals surface area contributed by atoms with Gasteiger partial charge in [0.15, 0.2) is 5.82 Å². The number of anilines is 1. The number of urea groups is 1. The van der Waals surface area contributed by atoms with Crippen LogP contribution in [0, 0.1) is 0 Å². The summed E-state index contributed by atoms with van der Waals surface area (Å²) in [6.45, 7) is 0. The number of nitrogens with one attached hydrogen (secondary N) is 1. The molecule has 7 heteroatoms. The lowest BCUT2D eigenvalue weighted by atomic mass is 10.2. The van der Waals surface area contributed by atoms with Crippen LogP contribution in [0.3, 0.4) is 0 Å². The van der Waals surface area contributed by atoms with Gasteiger partial charge in [0, 0.05) is 32.4 Å². The van der Waals surface area contributed by atoms with Crippen molar-refractivity contribution in [3.8, 4) is 11.4 Å². The number of amides is 2. The summed E-state index contributed by atoms with van der Waals surface area (Å²) in [4.78, 5) is 13.0. The highest BCUT2D eigenvalue weighted by atomic mass is 16.2. The molecule has 1 aromatic heterocycles. The first-order valence-electron chi connectivity index (χ1n) is 5.39. The van der Waals surface area contributed by atoms with Crippen LogP contribution in [0.1, 0.15) is 0 Å². The molecular weight excluding hydrogens is 232 g/mol. The molecule has 0 unspecified atom stereocenters. The zero-order valence-electron chi connectivity index (χ0n) is 10.5. The van der Waals surface area contributed by atoms with Crippen molar-refractivity contribution in [2.24, 2.45) is 7.05 Å².